The number of aliphatic imine (C=N–C) groups is 1. The van der Waals surface area contributed by atoms with Gasteiger partial charge in [0.15, 0.2) is 17.5 Å². The Labute approximate surface area is 154 Å². The highest BCUT2D eigenvalue weighted by Crippen LogP contribution is 2.38. The van der Waals surface area contributed by atoms with Crippen LogP contribution in [0.3, 0.4) is 0 Å². The van der Waals surface area contributed by atoms with Gasteiger partial charge in [0.05, 0.1) is 40.0 Å². The summed E-state index contributed by atoms with van der Waals surface area (Å²) in [5.74, 6) is 2.64. The predicted molar refractivity (Wildman–Crippen MR) is 102 cm³/mol. The Morgan fingerprint density at radius 2 is 1.58 bits per heavy atom. The van der Waals surface area contributed by atoms with Gasteiger partial charge >= 0.3 is 0 Å². The second kappa shape index (κ2) is 7.99. The van der Waals surface area contributed by atoms with Crippen LogP contribution in [0.5, 0.6) is 17.2 Å². The monoisotopic (exact) mass is 355 g/mol. The van der Waals surface area contributed by atoms with Crippen LogP contribution in [-0.2, 0) is 6.54 Å². The van der Waals surface area contributed by atoms with Crippen molar-refractivity contribution < 1.29 is 14.2 Å². The lowest BCUT2D eigenvalue weighted by Gasteiger charge is -2.14. The molecule has 2 aromatic rings. The highest BCUT2D eigenvalue weighted by molar-refractivity contribution is 5.83. The molecule has 1 saturated heterocycles. The van der Waals surface area contributed by atoms with Gasteiger partial charge in [0, 0.05) is 0 Å². The minimum atomic E-state index is 0.204. The lowest BCUT2D eigenvalue weighted by Crippen LogP contribution is -2.26. The summed E-state index contributed by atoms with van der Waals surface area (Å²) in [5.41, 5.74) is 2.22. The van der Waals surface area contributed by atoms with Crippen molar-refractivity contribution in [2.24, 2.45) is 4.99 Å². The van der Waals surface area contributed by atoms with Gasteiger partial charge in [-0.15, -0.1) is 0 Å². The van der Waals surface area contributed by atoms with Crippen molar-refractivity contribution in [3.05, 3.63) is 53.6 Å². The number of rotatable bonds is 6. The van der Waals surface area contributed by atoms with Crippen LogP contribution in [-0.4, -0.2) is 33.3 Å². The fourth-order valence-corrected chi connectivity index (χ4v) is 3.13. The van der Waals surface area contributed by atoms with Crippen molar-refractivity contribution in [3.63, 3.8) is 0 Å². The van der Waals surface area contributed by atoms with E-state index in [4.69, 9.17) is 14.2 Å². The second-order valence-electron chi connectivity index (χ2n) is 6.16. The summed E-state index contributed by atoms with van der Waals surface area (Å²) in [5, 5.41) is 6.86. The molecule has 0 unspecified atom stereocenters. The molecule has 3 rings (SSSR count). The van der Waals surface area contributed by atoms with E-state index in [2.05, 4.69) is 46.8 Å². The van der Waals surface area contributed by atoms with Crippen molar-refractivity contribution in [1.82, 2.24) is 10.6 Å². The first kappa shape index (κ1) is 17.9. The van der Waals surface area contributed by atoms with E-state index < -0.39 is 0 Å². The molecule has 0 spiro atoms. The Kier molecular flexibility index (Phi) is 5.51. The smallest absolute Gasteiger partial charge is 0.203 e. The maximum absolute atomic E-state index is 5.40. The number of benzene rings is 2. The van der Waals surface area contributed by atoms with E-state index in [1.54, 1.807) is 21.3 Å². The summed E-state index contributed by atoms with van der Waals surface area (Å²) < 4.78 is 16.2. The average Bonchev–Trinajstić information content (AvgIpc) is 3.06. The predicted octanol–water partition coefficient (Wildman–Crippen LogP) is 2.89. The number of nitrogens with zero attached hydrogens (tertiary/aromatic N) is 1. The summed E-state index contributed by atoms with van der Waals surface area (Å²) in [7, 11) is 4.82. The number of hydrogen-bond donors (Lipinski definition) is 2. The van der Waals surface area contributed by atoms with E-state index in [0.29, 0.717) is 23.8 Å². The maximum Gasteiger partial charge on any atom is 0.203 e. The summed E-state index contributed by atoms with van der Waals surface area (Å²) >= 11 is 0. The summed E-state index contributed by atoms with van der Waals surface area (Å²) in [4.78, 5) is 4.67. The molecule has 0 radical (unpaired) electrons. The number of hydrogen-bond acceptors (Lipinski definition) is 4. The Morgan fingerprint density at radius 3 is 2.15 bits per heavy atom. The van der Waals surface area contributed by atoms with Gasteiger partial charge in [-0.25, -0.2) is 4.99 Å². The van der Waals surface area contributed by atoms with E-state index in [1.807, 2.05) is 18.2 Å². The third-order valence-electron chi connectivity index (χ3n) is 4.46. The van der Waals surface area contributed by atoms with Gasteiger partial charge < -0.3 is 24.8 Å². The Hall–Kier alpha value is -2.89. The van der Waals surface area contributed by atoms with Crippen LogP contribution in [0.2, 0.25) is 0 Å². The van der Waals surface area contributed by atoms with Crippen molar-refractivity contribution in [2.45, 2.75) is 25.6 Å². The average molecular weight is 355 g/mol. The molecule has 0 amide bonds. The van der Waals surface area contributed by atoms with E-state index in [-0.39, 0.29) is 12.1 Å². The summed E-state index contributed by atoms with van der Waals surface area (Å²) in [6, 6.07) is 14.7. The Balaban J connectivity index is 1.76. The van der Waals surface area contributed by atoms with Crippen LogP contribution < -0.4 is 24.8 Å². The zero-order valence-electron chi connectivity index (χ0n) is 15.6. The van der Waals surface area contributed by atoms with Gasteiger partial charge in [-0.3, -0.25) is 0 Å². The third kappa shape index (κ3) is 3.69. The first-order valence-electron chi connectivity index (χ1n) is 8.57. The Morgan fingerprint density at radius 1 is 0.923 bits per heavy atom. The molecule has 1 heterocycles. The minimum Gasteiger partial charge on any atom is -0.493 e. The highest BCUT2D eigenvalue weighted by atomic mass is 16.5. The van der Waals surface area contributed by atoms with Crippen molar-refractivity contribution in [3.8, 4) is 17.2 Å². The molecule has 2 atom stereocenters. The fraction of sp³-hybridized carbons (Fsp3) is 0.350. The lowest BCUT2D eigenvalue weighted by atomic mass is 10.0. The zero-order chi connectivity index (χ0) is 18.5. The van der Waals surface area contributed by atoms with Gasteiger partial charge in [0.25, 0.3) is 0 Å². The molecule has 1 fully saturated rings. The minimum absolute atomic E-state index is 0.204. The molecule has 2 aromatic carbocycles. The number of nitrogens with one attached hydrogen (secondary N) is 2. The van der Waals surface area contributed by atoms with E-state index in [0.717, 1.165) is 11.5 Å². The van der Waals surface area contributed by atoms with Crippen LogP contribution >= 0.6 is 0 Å². The van der Waals surface area contributed by atoms with Crippen LogP contribution in [0.4, 0.5) is 0 Å². The molecule has 6 heteroatoms. The van der Waals surface area contributed by atoms with Gasteiger partial charge in [0.1, 0.15) is 0 Å². The van der Waals surface area contributed by atoms with E-state index >= 15 is 0 Å². The molecule has 26 heavy (non-hydrogen) atoms. The highest BCUT2D eigenvalue weighted by Gasteiger charge is 2.27. The Bertz CT molecular complexity index is 752. The summed E-state index contributed by atoms with van der Waals surface area (Å²) in [6.45, 7) is 2.65. The van der Waals surface area contributed by atoms with E-state index in [1.165, 1.54) is 5.56 Å². The number of guanidine groups is 1. The van der Waals surface area contributed by atoms with Crippen LogP contribution in [0.1, 0.15) is 24.1 Å². The number of methoxy groups -OCH3 is 3. The standard InChI is InChI=1S/C20H25N3O3/c1-13-18(15-8-6-5-7-9-15)23-20(22-13)21-12-14-10-16(24-2)19(26-4)17(11-14)25-3/h5-11,13,18H,12H2,1-4H3,(H2,21,22,23)/t13-,18+/m0/s1. The van der Waals surface area contributed by atoms with Crippen LogP contribution in [0, 0.1) is 0 Å². The SMILES string of the molecule is COc1cc(CN=C2N[C@@H](C)[C@H](c3ccccc3)N2)cc(OC)c1OC. The summed E-state index contributed by atoms with van der Waals surface area (Å²) in [6.07, 6.45) is 0. The molecule has 0 bridgehead atoms. The molecule has 2 N–H and O–H groups in total. The fourth-order valence-electron chi connectivity index (χ4n) is 3.13. The first-order chi connectivity index (χ1) is 12.7. The second-order valence-corrected chi connectivity index (χ2v) is 6.16. The molecule has 6 nitrogen and oxygen atoms in total. The molecular weight excluding hydrogens is 330 g/mol. The molecule has 1 aliphatic rings. The van der Waals surface area contributed by atoms with Gasteiger partial charge in [-0.2, -0.15) is 0 Å². The topological polar surface area (TPSA) is 64.1 Å². The first-order valence-corrected chi connectivity index (χ1v) is 8.57. The quantitative estimate of drug-likeness (QED) is 0.834. The van der Waals surface area contributed by atoms with Crippen LogP contribution in [0.25, 0.3) is 0 Å². The molecule has 0 aromatic heterocycles. The van der Waals surface area contributed by atoms with Gasteiger partial charge in [-0.05, 0) is 30.2 Å². The van der Waals surface area contributed by atoms with Crippen molar-refractivity contribution in [2.75, 3.05) is 21.3 Å². The maximum atomic E-state index is 5.40. The van der Waals surface area contributed by atoms with Crippen molar-refractivity contribution in [1.29, 1.82) is 0 Å². The lowest BCUT2D eigenvalue weighted by molar-refractivity contribution is 0.324. The normalized spacial score (nSPS) is 20.4. The molecule has 0 saturated carbocycles. The largest absolute Gasteiger partial charge is 0.493 e. The van der Waals surface area contributed by atoms with E-state index in [9.17, 15) is 0 Å². The van der Waals surface area contributed by atoms with Crippen molar-refractivity contribution >= 4 is 5.96 Å². The third-order valence-corrected chi connectivity index (χ3v) is 4.46. The molecular formula is C20H25N3O3. The number of ether oxygens (including phenoxy) is 3. The van der Waals surface area contributed by atoms with Gasteiger partial charge in [0.2, 0.25) is 5.75 Å². The van der Waals surface area contributed by atoms with Gasteiger partial charge in [-0.1, -0.05) is 30.3 Å². The van der Waals surface area contributed by atoms with Crippen LogP contribution in [0.15, 0.2) is 47.5 Å². The molecule has 1 aliphatic heterocycles. The molecule has 0 aliphatic carbocycles. The molecule has 138 valence electrons. The zero-order valence-corrected chi connectivity index (χ0v) is 15.6.